The molecule has 2 atom stereocenters. The van der Waals surface area contributed by atoms with Crippen LogP contribution in [0.4, 0.5) is 11.9 Å². The summed E-state index contributed by atoms with van der Waals surface area (Å²) in [4.78, 5) is 15.2. The number of piperidine rings is 1. The molecule has 1 N–H and O–H groups in total. The fourth-order valence-corrected chi connectivity index (χ4v) is 3.61. The Hall–Kier alpha value is -1.10. The van der Waals surface area contributed by atoms with Gasteiger partial charge in [0.2, 0.25) is 17.2 Å². The van der Waals surface area contributed by atoms with E-state index in [-0.39, 0.29) is 5.28 Å². The maximum absolute atomic E-state index is 5.99. The van der Waals surface area contributed by atoms with Gasteiger partial charge >= 0.3 is 0 Å². The Labute approximate surface area is 118 Å². The molecule has 1 saturated carbocycles. The molecule has 5 nitrogen and oxygen atoms in total. The zero-order valence-corrected chi connectivity index (χ0v) is 12.0. The van der Waals surface area contributed by atoms with E-state index in [1.54, 1.807) is 7.05 Å². The van der Waals surface area contributed by atoms with Crippen LogP contribution in [-0.4, -0.2) is 34.6 Å². The summed E-state index contributed by atoms with van der Waals surface area (Å²) in [6.45, 7) is 1.03. The molecule has 0 aromatic carbocycles. The molecule has 1 aliphatic carbocycles. The highest BCUT2D eigenvalue weighted by molar-refractivity contribution is 6.28. The molecule has 1 saturated heterocycles. The van der Waals surface area contributed by atoms with Crippen molar-refractivity contribution in [1.29, 1.82) is 0 Å². The summed E-state index contributed by atoms with van der Waals surface area (Å²) in [5, 5.41) is 3.22. The molecule has 0 radical (unpaired) electrons. The SMILES string of the molecule is CNc1nc(Cl)nc(N2CCC[C@H]3CCCC[C@H]32)n1. The van der Waals surface area contributed by atoms with Crippen LogP contribution in [0.3, 0.4) is 0 Å². The zero-order chi connectivity index (χ0) is 13.2. The molecule has 19 heavy (non-hydrogen) atoms. The molecule has 0 bridgehead atoms. The Bertz CT molecular complexity index is 451. The Morgan fingerprint density at radius 3 is 2.74 bits per heavy atom. The first-order valence-corrected chi connectivity index (χ1v) is 7.51. The highest BCUT2D eigenvalue weighted by atomic mass is 35.5. The predicted molar refractivity (Wildman–Crippen MR) is 76.7 cm³/mol. The van der Waals surface area contributed by atoms with Crippen molar-refractivity contribution in [3.8, 4) is 0 Å². The van der Waals surface area contributed by atoms with Crippen molar-refractivity contribution in [3.05, 3.63) is 5.28 Å². The smallest absolute Gasteiger partial charge is 0.231 e. The molecule has 1 aromatic rings. The number of fused-ring (bicyclic) bond motifs is 1. The van der Waals surface area contributed by atoms with E-state index in [4.69, 9.17) is 11.6 Å². The number of halogens is 1. The summed E-state index contributed by atoms with van der Waals surface area (Å²) in [5.41, 5.74) is 0. The maximum atomic E-state index is 5.99. The van der Waals surface area contributed by atoms with E-state index in [0.717, 1.165) is 18.4 Å². The van der Waals surface area contributed by atoms with E-state index >= 15 is 0 Å². The average Bonchev–Trinajstić information content (AvgIpc) is 2.46. The Kier molecular flexibility index (Phi) is 3.73. The summed E-state index contributed by atoms with van der Waals surface area (Å²) in [5.74, 6) is 2.09. The molecule has 2 fully saturated rings. The van der Waals surface area contributed by atoms with Crippen molar-refractivity contribution in [2.24, 2.45) is 5.92 Å². The molecule has 2 aliphatic rings. The monoisotopic (exact) mass is 281 g/mol. The van der Waals surface area contributed by atoms with E-state index in [2.05, 4.69) is 25.2 Å². The number of hydrogen-bond donors (Lipinski definition) is 1. The number of anilines is 2. The lowest BCUT2D eigenvalue weighted by atomic mass is 9.78. The Morgan fingerprint density at radius 2 is 1.89 bits per heavy atom. The minimum absolute atomic E-state index is 0.271. The topological polar surface area (TPSA) is 53.9 Å². The van der Waals surface area contributed by atoms with Crippen LogP contribution in [-0.2, 0) is 0 Å². The lowest BCUT2D eigenvalue weighted by molar-refractivity contribution is 0.241. The van der Waals surface area contributed by atoms with E-state index in [1.165, 1.54) is 38.5 Å². The molecular weight excluding hydrogens is 262 g/mol. The summed E-state index contributed by atoms with van der Waals surface area (Å²) < 4.78 is 0. The van der Waals surface area contributed by atoms with Gasteiger partial charge in [-0.05, 0) is 43.2 Å². The Balaban J connectivity index is 1.89. The van der Waals surface area contributed by atoms with Crippen molar-refractivity contribution in [2.75, 3.05) is 23.8 Å². The minimum atomic E-state index is 0.271. The van der Waals surface area contributed by atoms with E-state index < -0.39 is 0 Å². The largest absolute Gasteiger partial charge is 0.357 e. The van der Waals surface area contributed by atoms with Gasteiger partial charge in [-0.25, -0.2) is 0 Å². The molecule has 3 rings (SSSR count). The van der Waals surface area contributed by atoms with Gasteiger partial charge < -0.3 is 10.2 Å². The quantitative estimate of drug-likeness (QED) is 0.903. The summed E-state index contributed by atoms with van der Waals surface area (Å²) in [6.07, 6.45) is 7.85. The van der Waals surface area contributed by atoms with Gasteiger partial charge in [-0.2, -0.15) is 15.0 Å². The van der Waals surface area contributed by atoms with Crippen LogP contribution in [0, 0.1) is 5.92 Å². The first-order chi connectivity index (χ1) is 9.28. The van der Waals surface area contributed by atoms with E-state index in [0.29, 0.717) is 12.0 Å². The van der Waals surface area contributed by atoms with Crippen LogP contribution >= 0.6 is 11.6 Å². The van der Waals surface area contributed by atoms with Crippen molar-refractivity contribution in [1.82, 2.24) is 15.0 Å². The molecule has 0 unspecified atom stereocenters. The second-order valence-corrected chi connectivity index (χ2v) is 5.76. The van der Waals surface area contributed by atoms with Crippen molar-refractivity contribution >= 4 is 23.5 Å². The fraction of sp³-hybridized carbons (Fsp3) is 0.769. The molecule has 0 amide bonds. The van der Waals surface area contributed by atoms with Gasteiger partial charge in [0.05, 0.1) is 0 Å². The van der Waals surface area contributed by atoms with Gasteiger partial charge in [-0.3, -0.25) is 0 Å². The predicted octanol–water partition coefficient (Wildman–Crippen LogP) is 2.73. The average molecular weight is 282 g/mol. The summed E-state index contributed by atoms with van der Waals surface area (Å²) in [6, 6.07) is 0.589. The van der Waals surface area contributed by atoms with E-state index in [9.17, 15) is 0 Å². The third-order valence-corrected chi connectivity index (χ3v) is 4.49. The van der Waals surface area contributed by atoms with Gasteiger partial charge in [-0.15, -0.1) is 0 Å². The highest BCUT2D eigenvalue weighted by Gasteiger charge is 2.34. The molecular formula is C13H20ClN5. The number of nitrogens with zero attached hydrogens (tertiary/aromatic N) is 4. The number of aromatic nitrogens is 3. The van der Waals surface area contributed by atoms with E-state index in [1.807, 2.05) is 0 Å². The van der Waals surface area contributed by atoms with Gasteiger partial charge in [0.1, 0.15) is 0 Å². The zero-order valence-electron chi connectivity index (χ0n) is 11.3. The summed E-state index contributed by atoms with van der Waals surface area (Å²) in [7, 11) is 1.80. The van der Waals surface area contributed by atoms with Gasteiger partial charge in [0.15, 0.2) is 0 Å². The lowest BCUT2D eigenvalue weighted by Gasteiger charge is -2.44. The first kappa shape index (κ1) is 12.9. The summed E-state index contributed by atoms with van der Waals surface area (Å²) >= 11 is 5.99. The molecule has 104 valence electrons. The van der Waals surface area contributed by atoms with Gasteiger partial charge in [0.25, 0.3) is 0 Å². The number of rotatable bonds is 2. The van der Waals surface area contributed by atoms with Crippen LogP contribution in [0.15, 0.2) is 0 Å². The molecule has 2 heterocycles. The minimum Gasteiger partial charge on any atom is -0.357 e. The molecule has 1 aromatic heterocycles. The molecule has 6 heteroatoms. The van der Waals surface area contributed by atoms with Gasteiger partial charge in [-0.1, -0.05) is 12.8 Å². The third kappa shape index (κ3) is 2.61. The number of nitrogens with one attached hydrogen (secondary N) is 1. The van der Waals surface area contributed by atoms with Crippen LogP contribution in [0.1, 0.15) is 38.5 Å². The van der Waals surface area contributed by atoms with Crippen LogP contribution in [0.2, 0.25) is 5.28 Å². The second kappa shape index (κ2) is 5.49. The van der Waals surface area contributed by atoms with Crippen LogP contribution in [0.25, 0.3) is 0 Å². The van der Waals surface area contributed by atoms with Crippen LogP contribution in [0.5, 0.6) is 0 Å². The number of hydrogen-bond acceptors (Lipinski definition) is 5. The normalized spacial score (nSPS) is 26.9. The second-order valence-electron chi connectivity index (χ2n) is 5.43. The standard InChI is InChI=1S/C13H20ClN5/c1-15-12-16-11(14)17-13(18-12)19-8-4-6-9-5-2-3-7-10(9)19/h9-10H,2-8H2,1H3,(H,15,16,17,18)/t9-,10-/m1/s1. The Morgan fingerprint density at radius 1 is 1.11 bits per heavy atom. The van der Waals surface area contributed by atoms with Gasteiger partial charge in [0, 0.05) is 19.6 Å². The maximum Gasteiger partial charge on any atom is 0.231 e. The first-order valence-electron chi connectivity index (χ1n) is 7.14. The van der Waals surface area contributed by atoms with Crippen molar-refractivity contribution in [2.45, 2.75) is 44.6 Å². The molecule has 0 spiro atoms. The van der Waals surface area contributed by atoms with Crippen LogP contribution < -0.4 is 10.2 Å². The fourth-order valence-electron chi connectivity index (χ4n) is 3.45. The third-order valence-electron chi connectivity index (χ3n) is 4.32. The van der Waals surface area contributed by atoms with Crippen molar-refractivity contribution < 1.29 is 0 Å². The van der Waals surface area contributed by atoms with Crippen molar-refractivity contribution in [3.63, 3.8) is 0 Å². The lowest BCUT2D eigenvalue weighted by Crippen LogP contribution is -2.47. The highest BCUT2D eigenvalue weighted by Crippen LogP contribution is 2.36. The molecule has 1 aliphatic heterocycles.